The molecule has 1 aliphatic heterocycles. The molecule has 0 unspecified atom stereocenters. The molecule has 4 nitrogen and oxygen atoms in total. The van der Waals surface area contributed by atoms with Gasteiger partial charge in [0.25, 0.3) is 0 Å². The Bertz CT molecular complexity index is 573. The smallest absolute Gasteiger partial charge is 0.0539 e. The number of fused-ring (bicyclic) bond motifs is 1. The molecule has 0 saturated carbocycles. The summed E-state index contributed by atoms with van der Waals surface area (Å²) in [6, 6.07) is 6.67. The first-order chi connectivity index (χ1) is 9.22. The number of nitrogens with one attached hydrogen (secondary N) is 1. The molecule has 0 aliphatic carbocycles. The number of aryl methyl sites for hydroxylation is 2. The number of anilines is 2. The molecule has 0 bridgehead atoms. The van der Waals surface area contributed by atoms with E-state index in [-0.39, 0.29) is 0 Å². The van der Waals surface area contributed by atoms with Gasteiger partial charge in [0, 0.05) is 50.3 Å². The highest BCUT2D eigenvalue weighted by atomic mass is 15.2. The van der Waals surface area contributed by atoms with E-state index in [0.717, 1.165) is 13.1 Å². The van der Waals surface area contributed by atoms with E-state index in [1.165, 1.54) is 35.3 Å². The maximum atomic E-state index is 4.18. The molecule has 4 heteroatoms. The molecule has 0 spiro atoms. The molecule has 0 radical (unpaired) electrons. The average Bonchev–Trinajstić information content (AvgIpc) is 2.82. The largest absolute Gasteiger partial charge is 0.381 e. The Morgan fingerprint density at radius 2 is 2.21 bits per heavy atom. The van der Waals surface area contributed by atoms with Crippen molar-refractivity contribution in [3.8, 4) is 0 Å². The number of nitrogens with zero attached hydrogens (tertiary/aromatic N) is 3. The molecule has 0 atom stereocenters. The van der Waals surface area contributed by atoms with Gasteiger partial charge in [-0.05, 0) is 36.6 Å². The van der Waals surface area contributed by atoms with Crippen LogP contribution in [0.5, 0.6) is 0 Å². The average molecular weight is 256 g/mol. The molecule has 1 aromatic heterocycles. The van der Waals surface area contributed by atoms with Gasteiger partial charge >= 0.3 is 0 Å². The van der Waals surface area contributed by atoms with Crippen LogP contribution in [0.25, 0.3) is 0 Å². The number of hydrogen-bond acceptors (Lipinski definition) is 3. The highest BCUT2D eigenvalue weighted by molar-refractivity contribution is 5.62. The van der Waals surface area contributed by atoms with Gasteiger partial charge in [-0.1, -0.05) is 0 Å². The van der Waals surface area contributed by atoms with Crippen molar-refractivity contribution in [2.24, 2.45) is 7.05 Å². The van der Waals surface area contributed by atoms with Gasteiger partial charge in [-0.3, -0.25) is 4.68 Å². The summed E-state index contributed by atoms with van der Waals surface area (Å²) in [7, 11) is 4.11. The van der Waals surface area contributed by atoms with E-state index in [4.69, 9.17) is 0 Å². The SMILES string of the molecule is CN1CCCc2cc(NCc3cnn(C)c3)ccc21. The predicted octanol–water partition coefficient (Wildman–Crippen LogP) is 2.41. The molecule has 1 N–H and O–H groups in total. The maximum absolute atomic E-state index is 4.18. The van der Waals surface area contributed by atoms with Crippen LogP contribution in [0.1, 0.15) is 17.5 Å². The van der Waals surface area contributed by atoms with Crippen LogP contribution in [-0.2, 0) is 20.0 Å². The first-order valence-corrected chi connectivity index (χ1v) is 6.78. The maximum Gasteiger partial charge on any atom is 0.0539 e. The van der Waals surface area contributed by atoms with Crippen LogP contribution in [0.2, 0.25) is 0 Å². The van der Waals surface area contributed by atoms with Crippen LogP contribution >= 0.6 is 0 Å². The van der Waals surface area contributed by atoms with Crippen LogP contribution in [0.4, 0.5) is 11.4 Å². The van der Waals surface area contributed by atoms with E-state index >= 15 is 0 Å². The molecule has 3 rings (SSSR count). The molecule has 2 heterocycles. The van der Waals surface area contributed by atoms with Gasteiger partial charge in [-0.2, -0.15) is 5.10 Å². The van der Waals surface area contributed by atoms with Crippen LogP contribution in [0.3, 0.4) is 0 Å². The zero-order chi connectivity index (χ0) is 13.2. The van der Waals surface area contributed by atoms with Crippen molar-refractivity contribution in [2.45, 2.75) is 19.4 Å². The second-order valence-electron chi connectivity index (χ2n) is 5.24. The second-order valence-corrected chi connectivity index (χ2v) is 5.24. The molecule has 0 amide bonds. The molecule has 1 aromatic carbocycles. The molecule has 2 aromatic rings. The summed E-state index contributed by atoms with van der Waals surface area (Å²) < 4.78 is 1.83. The lowest BCUT2D eigenvalue weighted by Gasteiger charge is -2.27. The molecule has 0 saturated heterocycles. The second kappa shape index (κ2) is 4.96. The van der Waals surface area contributed by atoms with Gasteiger partial charge in [0.15, 0.2) is 0 Å². The summed E-state index contributed by atoms with van der Waals surface area (Å²) in [5, 5.41) is 7.65. The van der Waals surface area contributed by atoms with Gasteiger partial charge in [-0.15, -0.1) is 0 Å². The monoisotopic (exact) mass is 256 g/mol. The molecule has 100 valence electrons. The van der Waals surface area contributed by atoms with Crippen LogP contribution in [-0.4, -0.2) is 23.4 Å². The summed E-state index contributed by atoms with van der Waals surface area (Å²) in [4.78, 5) is 2.34. The lowest BCUT2D eigenvalue weighted by atomic mass is 10.0. The Morgan fingerprint density at radius 3 is 3.00 bits per heavy atom. The van der Waals surface area contributed by atoms with E-state index in [9.17, 15) is 0 Å². The van der Waals surface area contributed by atoms with Crippen molar-refractivity contribution in [1.29, 1.82) is 0 Å². The number of rotatable bonds is 3. The predicted molar refractivity (Wildman–Crippen MR) is 78.6 cm³/mol. The first-order valence-electron chi connectivity index (χ1n) is 6.78. The van der Waals surface area contributed by atoms with Gasteiger partial charge in [-0.25, -0.2) is 0 Å². The Morgan fingerprint density at radius 1 is 1.32 bits per heavy atom. The van der Waals surface area contributed by atoms with E-state index in [2.05, 4.69) is 40.6 Å². The minimum absolute atomic E-state index is 0.822. The summed E-state index contributed by atoms with van der Waals surface area (Å²) in [5.41, 5.74) is 5.22. The summed E-state index contributed by atoms with van der Waals surface area (Å²) in [6.07, 6.45) is 6.37. The Hall–Kier alpha value is -1.97. The minimum Gasteiger partial charge on any atom is -0.381 e. The normalized spacial score (nSPS) is 14.3. The minimum atomic E-state index is 0.822. The van der Waals surface area contributed by atoms with E-state index in [0.29, 0.717) is 0 Å². The highest BCUT2D eigenvalue weighted by Gasteiger charge is 2.13. The summed E-state index contributed by atoms with van der Waals surface area (Å²) in [5.74, 6) is 0. The van der Waals surface area contributed by atoms with Crippen LogP contribution in [0.15, 0.2) is 30.6 Å². The topological polar surface area (TPSA) is 33.1 Å². The number of benzene rings is 1. The quantitative estimate of drug-likeness (QED) is 0.915. The lowest BCUT2D eigenvalue weighted by Crippen LogP contribution is -2.24. The highest BCUT2D eigenvalue weighted by Crippen LogP contribution is 2.28. The molecule has 1 aliphatic rings. The molecule has 19 heavy (non-hydrogen) atoms. The van der Waals surface area contributed by atoms with Gasteiger partial charge in [0.05, 0.1) is 6.20 Å². The van der Waals surface area contributed by atoms with Crippen molar-refractivity contribution >= 4 is 11.4 Å². The summed E-state index contributed by atoms with van der Waals surface area (Å²) in [6.45, 7) is 1.98. The zero-order valence-corrected chi connectivity index (χ0v) is 11.6. The van der Waals surface area contributed by atoms with Crippen molar-refractivity contribution in [2.75, 3.05) is 23.8 Å². The van der Waals surface area contributed by atoms with Crippen molar-refractivity contribution in [1.82, 2.24) is 9.78 Å². The molecular weight excluding hydrogens is 236 g/mol. The molecular formula is C15H20N4. The fraction of sp³-hybridized carbons (Fsp3) is 0.400. The third-order valence-electron chi connectivity index (χ3n) is 3.69. The fourth-order valence-electron chi connectivity index (χ4n) is 2.66. The van der Waals surface area contributed by atoms with Crippen molar-refractivity contribution < 1.29 is 0 Å². The van der Waals surface area contributed by atoms with Gasteiger partial charge in [0.1, 0.15) is 0 Å². The molecule has 0 fully saturated rings. The van der Waals surface area contributed by atoms with E-state index in [1.807, 2.05) is 24.1 Å². The number of aromatic nitrogens is 2. The lowest BCUT2D eigenvalue weighted by molar-refractivity contribution is 0.744. The fourth-order valence-corrected chi connectivity index (χ4v) is 2.66. The third kappa shape index (κ3) is 2.57. The number of hydrogen-bond donors (Lipinski definition) is 1. The van der Waals surface area contributed by atoms with Gasteiger partial charge in [0.2, 0.25) is 0 Å². The van der Waals surface area contributed by atoms with E-state index < -0.39 is 0 Å². The standard InChI is InChI=1S/C15H20N4/c1-18-7-3-4-13-8-14(5-6-15(13)18)16-9-12-10-17-19(2)11-12/h5-6,8,10-11,16H,3-4,7,9H2,1-2H3. The van der Waals surface area contributed by atoms with Gasteiger partial charge < -0.3 is 10.2 Å². The van der Waals surface area contributed by atoms with Crippen molar-refractivity contribution in [3.05, 3.63) is 41.7 Å². The Kier molecular flexibility index (Phi) is 3.15. The van der Waals surface area contributed by atoms with E-state index in [1.54, 1.807) is 0 Å². The third-order valence-corrected chi connectivity index (χ3v) is 3.69. The Labute approximate surface area is 114 Å². The van der Waals surface area contributed by atoms with Crippen LogP contribution < -0.4 is 10.2 Å². The summed E-state index contributed by atoms with van der Waals surface area (Å²) >= 11 is 0. The Balaban J connectivity index is 1.72. The zero-order valence-electron chi connectivity index (χ0n) is 11.6. The van der Waals surface area contributed by atoms with Crippen LogP contribution in [0, 0.1) is 0 Å². The van der Waals surface area contributed by atoms with Crippen molar-refractivity contribution in [3.63, 3.8) is 0 Å². The first kappa shape index (κ1) is 12.1.